The molecule has 2 aromatic heterocycles. The highest BCUT2D eigenvalue weighted by Crippen LogP contribution is 2.36. The number of piperidine rings is 1. The number of alkyl halides is 2. The van der Waals surface area contributed by atoms with Crippen molar-refractivity contribution in [1.82, 2.24) is 14.1 Å². The van der Waals surface area contributed by atoms with E-state index in [2.05, 4.69) is 10.3 Å². The zero-order valence-corrected chi connectivity index (χ0v) is 22.8. The number of aliphatic hydroxyl groups is 2. The fourth-order valence-electron chi connectivity index (χ4n) is 4.89. The van der Waals surface area contributed by atoms with Crippen LogP contribution in [0.3, 0.4) is 0 Å². The van der Waals surface area contributed by atoms with Crippen LogP contribution in [0.4, 0.5) is 30.5 Å². The highest BCUT2D eigenvalue weighted by atomic mass is 19.3. The molecule has 1 aliphatic rings. The fraction of sp³-hybridized carbons (Fsp3) is 0.519. The van der Waals surface area contributed by atoms with Crippen LogP contribution in [0.2, 0.25) is 0 Å². The molecule has 1 aromatic carbocycles. The van der Waals surface area contributed by atoms with Crippen molar-refractivity contribution in [3.05, 3.63) is 46.1 Å². The second kappa shape index (κ2) is 10.8. The number of halogens is 3. The largest absolute Gasteiger partial charge is 0.392 e. The van der Waals surface area contributed by atoms with Crippen LogP contribution < -0.4 is 21.6 Å². The maximum atomic E-state index is 15.0. The van der Waals surface area contributed by atoms with Gasteiger partial charge >= 0.3 is 5.69 Å². The van der Waals surface area contributed by atoms with E-state index in [0.717, 1.165) is 6.07 Å². The number of nitrogens with two attached hydrogens (primary N) is 1. The van der Waals surface area contributed by atoms with E-state index < -0.39 is 35.4 Å². The number of rotatable bonds is 8. The van der Waals surface area contributed by atoms with Gasteiger partial charge in [0.25, 0.3) is 5.92 Å². The summed E-state index contributed by atoms with van der Waals surface area (Å²) >= 11 is 0. The predicted octanol–water partition coefficient (Wildman–Crippen LogP) is 2.91. The van der Waals surface area contributed by atoms with Gasteiger partial charge in [-0.15, -0.1) is 0 Å². The van der Waals surface area contributed by atoms with E-state index in [0.29, 0.717) is 16.7 Å². The SMILES string of the molecule is C[C@@H](O)Cn1c(=O)n(CCC(C)(C)O)c2cc(Nc3nc(N4C[C@@H](N)C(F)(F)[C@@H](C)C4)c(C#N)cc3F)ccc21. The average Bonchev–Trinajstić information content (AvgIpc) is 3.11. The molecule has 0 spiro atoms. The molecule has 3 atom stereocenters. The molecule has 5 N–H and O–H groups in total. The van der Waals surface area contributed by atoms with Gasteiger partial charge in [0.05, 0.1) is 40.9 Å². The summed E-state index contributed by atoms with van der Waals surface area (Å²) in [5.74, 6) is -5.23. The van der Waals surface area contributed by atoms with Gasteiger partial charge in [0, 0.05) is 31.2 Å². The first-order chi connectivity index (χ1) is 18.6. The van der Waals surface area contributed by atoms with Gasteiger partial charge < -0.3 is 26.2 Å². The van der Waals surface area contributed by atoms with Gasteiger partial charge in [0.1, 0.15) is 11.9 Å². The van der Waals surface area contributed by atoms with Crippen LogP contribution in [0, 0.1) is 23.1 Å². The third-order valence-electron chi connectivity index (χ3n) is 7.11. The minimum Gasteiger partial charge on any atom is -0.392 e. The Morgan fingerprint density at radius 2 is 1.98 bits per heavy atom. The van der Waals surface area contributed by atoms with Crippen molar-refractivity contribution in [2.45, 2.75) is 70.9 Å². The fourth-order valence-corrected chi connectivity index (χ4v) is 4.89. The molecule has 3 heterocycles. The number of hydrogen-bond donors (Lipinski definition) is 4. The molecule has 40 heavy (non-hydrogen) atoms. The van der Waals surface area contributed by atoms with Crippen LogP contribution in [-0.4, -0.2) is 61.1 Å². The molecule has 0 aliphatic carbocycles. The van der Waals surface area contributed by atoms with Gasteiger partial charge in [0.15, 0.2) is 11.6 Å². The zero-order chi connectivity index (χ0) is 29.6. The van der Waals surface area contributed by atoms with Gasteiger partial charge in [-0.2, -0.15) is 5.26 Å². The van der Waals surface area contributed by atoms with E-state index in [1.807, 2.05) is 6.07 Å². The molecule has 3 aromatic rings. The number of nitriles is 1. The van der Waals surface area contributed by atoms with Crippen LogP contribution in [0.25, 0.3) is 11.0 Å². The summed E-state index contributed by atoms with van der Waals surface area (Å²) in [6.45, 7) is 6.06. The molecule has 4 rings (SSSR count). The van der Waals surface area contributed by atoms with Gasteiger partial charge in [-0.1, -0.05) is 6.92 Å². The molecular formula is C27H34F3N7O3. The Morgan fingerprint density at radius 1 is 1.27 bits per heavy atom. The molecule has 1 aliphatic heterocycles. The predicted molar refractivity (Wildman–Crippen MR) is 145 cm³/mol. The summed E-state index contributed by atoms with van der Waals surface area (Å²) in [7, 11) is 0. The summed E-state index contributed by atoms with van der Waals surface area (Å²) < 4.78 is 46.6. The third kappa shape index (κ3) is 5.79. The summed E-state index contributed by atoms with van der Waals surface area (Å²) in [5, 5.41) is 32.6. The highest BCUT2D eigenvalue weighted by Gasteiger charge is 2.48. The van der Waals surface area contributed by atoms with Crippen LogP contribution in [0.15, 0.2) is 29.1 Å². The van der Waals surface area contributed by atoms with E-state index in [-0.39, 0.29) is 55.5 Å². The summed E-state index contributed by atoms with van der Waals surface area (Å²) in [6, 6.07) is 6.26. The first-order valence-electron chi connectivity index (χ1n) is 13.0. The zero-order valence-electron chi connectivity index (χ0n) is 22.8. The van der Waals surface area contributed by atoms with E-state index in [1.54, 1.807) is 39.0 Å². The molecule has 0 bridgehead atoms. The van der Waals surface area contributed by atoms with Crippen molar-refractivity contribution in [2.75, 3.05) is 23.3 Å². The summed E-state index contributed by atoms with van der Waals surface area (Å²) in [6.07, 6.45) is -0.507. The van der Waals surface area contributed by atoms with Crippen LogP contribution >= 0.6 is 0 Å². The molecule has 1 saturated heterocycles. The summed E-state index contributed by atoms with van der Waals surface area (Å²) in [5.41, 5.74) is 5.62. The number of anilines is 3. The van der Waals surface area contributed by atoms with Gasteiger partial charge in [-0.3, -0.25) is 9.13 Å². The lowest BCUT2D eigenvalue weighted by atomic mass is 9.91. The first-order valence-corrected chi connectivity index (χ1v) is 13.0. The van der Waals surface area contributed by atoms with Crippen LogP contribution in [0.1, 0.15) is 39.7 Å². The molecule has 216 valence electrons. The molecule has 0 saturated carbocycles. The quantitative estimate of drug-likeness (QED) is 0.329. The number of nitrogens with zero attached hydrogens (tertiary/aromatic N) is 5. The molecular weight excluding hydrogens is 527 g/mol. The Morgan fingerprint density at radius 3 is 2.58 bits per heavy atom. The second-order valence-corrected chi connectivity index (χ2v) is 11.2. The average molecular weight is 562 g/mol. The number of aromatic nitrogens is 3. The Kier molecular flexibility index (Phi) is 7.90. The van der Waals surface area contributed by atoms with Crippen molar-refractivity contribution in [1.29, 1.82) is 5.26 Å². The Labute approximate surface area is 229 Å². The van der Waals surface area contributed by atoms with E-state index in [9.17, 15) is 29.1 Å². The van der Waals surface area contributed by atoms with Crippen molar-refractivity contribution in [2.24, 2.45) is 11.7 Å². The van der Waals surface area contributed by atoms with Crippen molar-refractivity contribution in [3.63, 3.8) is 0 Å². The van der Waals surface area contributed by atoms with Crippen molar-refractivity contribution < 1.29 is 23.4 Å². The molecule has 10 nitrogen and oxygen atoms in total. The van der Waals surface area contributed by atoms with E-state index in [1.165, 1.54) is 21.0 Å². The van der Waals surface area contributed by atoms with Gasteiger partial charge in [0.2, 0.25) is 0 Å². The molecule has 1 fully saturated rings. The molecule has 0 unspecified atom stereocenters. The number of benzene rings is 1. The molecule has 0 radical (unpaired) electrons. The number of fused-ring (bicyclic) bond motifs is 1. The van der Waals surface area contributed by atoms with E-state index >= 15 is 4.39 Å². The van der Waals surface area contributed by atoms with Crippen LogP contribution in [0.5, 0.6) is 0 Å². The number of aryl methyl sites for hydroxylation is 1. The van der Waals surface area contributed by atoms with E-state index in [4.69, 9.17) is 5.73 Å². The normalized spacial score (nSPS) is 20.0. The number of imidazole rings is 1. The highest BCUT2D eigenvalue weighted by molar-refractivity contribution is 5.81. The Bertz CT molecular complexity index is 1490. The number of nitrogens with one attached hydrogen (secondary N) is 1. The second-order valence-electron chi connectivity index (χ2n) is 11.2. The summed E-state index contributed by atoms with van der Waals surface area (Å²) in [4.78, 5) is 18.9. The lowest BCUT2D eigenvalue weighted by molar-refractivity contribution is -0.0807. The Balaban J connectivity index is 1.73. The van der Waals surface area contributed by atoms with Crippen molar-refractivity contribution in [3.8, 4) is 6.07 Å². The third-order valence-corrected chi connectivity index (χ3v) is 7.11. The minimum atomic E-state index is -3.09. The monoisotopic (exact) mass is 561 g/mol. The number of aliphatic hydroxyl groups excluding tert-OH is 1. The maximum Gasteiger partial charge on any atom is 0.329 e. The topological polar surface area (TPSA) is 145 Å². The number of pyridine rings is 1. The minimum absolute atomic E-state index is 0.0375. The first kappa shape index (κ1) is 29.4. The van der Waals surface area contributed by atoms with Gasteiger partial charge in [-0.25, -0.2) is 22.9 Å². The van der Waals surface area contributed by atoms with Crippen molar-refractivity contribution >= 4 is 28.4 Å². The lowest BCUT2D eigenvalue weighted by Crippen LogP contribution is -2.60. The lowest BCUT2D eigenvalue weighted by Gasteiger charge is -2.41. The smallest absolute Gasteiger partial charge is 0.329 e. The standard InChI is InChI=1S/C27H34F3N7O3/c1-15-12-35(14-22(32)27(15,29)30)24-17(11-31)9-19(28)23(34-24)33-18-5-6-20-21(10-18)36(8-7-26(3,4)40)25(39)37(20)13-16(2)38/h5-6,9-10,15-16,22,38,40H,7-8,12-14,32H2,1-4H3,(H,33,34)/t15-,16+,22+/m0/s1. The Hall–Kier alpha value is -3.60. The van der Waals surface area contributed by atoms with Crippen LogP contribution in [-0.2, 0) is 13.1 Å². The molecule has 0 amide bonds. The molecule has 13 heteroatoms. The van der Waals surface area contributed by atoms with Gasteiger partial charge in [-0.05, 0) is 51.5 Å². The number of hydrogen-bond acceptors (Lipinski definition) is 8. The maximum absolute atomic E-state index is 15.0.